The Labute approximate surface area is 82.1 Å². The number of hydrogen-bond donors (Lipinski definition) is 1. The maximum atomic E-state index is 11.1. The fourth-order valence-corrected chi connectivity index (χ4v) is 0.891. The van der Waals surface area contributed by atoms with E-state index in [2.05, 4.69) is 21.6 Å². The number of methoxy groups -OCH3 is 1. The number of nitrogens with zero attached hydrogens (tertiary/aromatic N) is 1. The molecule has 0 aliphatic rings. The van der Waals surface area contributed by atoms with E-state index in [-0.39, 0.29) is 6.54 Å². The van der Waals surface area contributed by atoms with Gasteiger partial charge in [0.2, 0.25) is 0 Å². The van der Waals surface area contributed by atoms with Crippen LogP contribution >= 0.6 is 0 Å². The zero-order chi connectivity index (χ0) is 10.4. The van der Waals surface area contributed by atoms with Gasteiger partial charge in [0.05, 0.1) is 19.2 Å². The average molecular weight is 190 g/mol. The number of esters is 1. The molecule has 1 aromatic rings. The molecule has 0 spiro atoms. The molecule has 0 radical (unpaired) electrons. The van der Waals surface area contributed by atoms with Crippen molar-refractivity contribution < 1.29 is 9.53 Å². The van der Waals surface area contributed by atoms with Crippen molar-refractivity contribution in [3.05, 3.63) is 29.6 Å². The highest BCUT2D eigenvalue weighted by atomic mass is 16.5. The number of hydrogen-bond acceptors (Lipinski definition) is 4. The van der Waals surface area contributed by atoms with Crippen molar-refractivity contribution >= 4 is 5.97 Å². The van der Waals surface area contributed by atoms with Crippen LogP contribution in [-0.2, 0) is 4.74 Å². The van der Waals surface area contributed by atoms with Gasteiger partial charge in [-0.15, -0.1) is 0 Å². The summed E-state index contributed by atoms with van der Waals surface area (Å²) in [5, 5.41) is 0. The van der Waals surface area contributed by atoms with Crippen LogP contribution in [0.15, 0.2) is 18.5 Å². The van der Waals surface area contributed by atoms with E-state index in [0.29, 0.717) is 11.1 Å². The third-order valence-electron chi connectivity index (χ3n) is 1.49. The molecule has 0 unspecified atom stereocenters. The van der Waals surface area contributed by atoms with Crippen LogP contribution in [0.3, 0.4) is 0 Å². The van der Waals surface area contributed by atoms with E-state index >= 15 is 0 Å². The Morgan fingerprint density at radius 1 is 1.64 bits per heavy atom. The van der Waals surface area contributed by atoms with Crippen molar-refractivity contribution in [2.75, 3.05) is 13.7 Å². The Kier molecular flexibility index (Phi) is 3.65. The van der Waals surface area contributed by atoms with Crippen LogP contribution in [0.5, 0.6) is 0 Å². The Hall–Kier alpha value is -1.86. The number of pyridine rings is 1. The molecule has 4 heteroatoms. The summed E-state index contributed by atoms with van der Waals surface area (Å²) in [6, 6.07) is 1.61. The first-order chi connectivity index (χ1) is 6.77. The van der Waals surface area contributed by atoms with Gasteiger partial charge in [-0.25, -0.2) is 4.79 Å². The molecule has 14 heavy (non-hydrogen) atoms. The maximum absolute atomic E-state index is 11.1. The smallest absolute Gasteiger partial charge is 0.339 e. The third-order valence-corrected chi connectivity index (χ3v) is 1.49. The average Bonchev–Trinajstić information content (AvgIpc) is 2.25. The molecule has 1 rings (SSSR count). The van der Waals surface area contributed by atoms with Crippen LogP contribution in [-0.4, -0.2) is 24.6 Å². The molecular formula is C10H10N2O2. The van der Waals surface area contributed by atoms with Crippen LogP contribution in [0, 0.1) is 11.8 Å². The minimum Gasteiger partial charge on any atom is -0.465 e. The molecule has 0 aromatic carbocycles. The number of carbonyl (C=O) groups is 1. The number of rotatable bonds is 1. The minimum atomic E-state index is -0.422. The topological polar surface area (TPSA) is 65.2 Å². The van der Waals surface area contributed by atoms with Crippen LogP contribution in [0.4, 0.5) is 0 Å². The molecular weight excluding hydrogens is 180 g/mol. The predicted octanol–water partition coefficient (Wildman–Crippen LogP) is 0.178. The molecule has 2 N–H and O–H groups in total. The largest absolute Gasteiger partial charge is 0.465 e. The van der Waals surface area contributed by atoms with E-state index in [4.69, 9.17) is 5.73 Å². The fraction of sp³-hybridized carbons (Fsp3) is 0.200. The van der Waals surface area contributed by atoms with Gasteiger partial charge in [-0.3, -0.25) is 4.98 Å². The Bertz CT molecular complexity index is 391. The second-order valence-corrected chi connectivity index (χ2v) is 2.46. The van der Waals surface area contributed by atoms with Crippen LogP contribution in [0.1, 0.15) is 15.9 Å². The first-order valence-electron chi connectivity index (χ1n) is 4.00. The van der Waals surface area contributed by atoms with Crippen LogP contribution in [0.2, 0.25) is 0 Å². The zero-order valence-corrected chi connectivity index (χ0v) is 7.78. The van der Waals surface area contributed by atoms with Gasteiger partial charge in [-0.05, 0) is 6.07 Å². The lowest BCUT2D eigenvalue weighted by Crippen LogP contribution is -2.02. The summed E-state index contributed by atoms with van der Waals surface area (Å²) in [5.74, 6) is 5.03. The van der Waals surface area contributed by atoms with E-state index < -0.39 is 5.97 Å². The molecule has 1 aromatic heterocycles. The molecule has 0 fully saturated rings. The quantitative estimate of drug-likeness (QED) is 0.506. The molecule has 0 bridgehead atoms. The molecule has 0 atom stereocenters. The van der Waals surface area contributed by atoms with Crippen molar-refractivity contribution in [3.8, 4) is 11.8 Å². The fourth-order valence-electron chi connectivity index (χ4n) is 0.891. The van der Waals surface area contributed by atoms with Gasteiger partial charge in [0.25, 0.3) is 0 Å². The van der Waals surface area contributed by atoms with Crippen LogP contribution in [0.25, 0.3) is 0 Å². The van der Waals surface area contributed by atoms with Crippen molar-refractivity contribution in [2.45, 2.75) is 0 Å². The second kappa shape index (κ2) is 5.00. The van der Waals surface area contributed by atoms with Crippen molar-refractivity contribution in [2.24, 2.45) is 5.73 Å². The first kappa shape index (κ1) is 10.2. The van der Waals surface area contributed by atoms with Gasteiger partial charge in [-0.2, -0.15) is 0 Å². The molecule has 0 aliphatic carbocycles. The molecule has 0 amide bonds. The number of nitrogens with two attached hydrogens (primary N) is 1. The van der Waals surface area contributed by atoms with E-state index in [1.165, 1.54) is 13.3 Å². The van der Waals surface area contributed by atoms with E-state index in [0.717, 1.165) is 0 Å². The summed E-state index contributed by atoms with van der Waals surface area (Å²) < 4.78 is 4.54. The Balaban J connectivity index is 2.95. The maximum Gasteiger partial charge on any atom is 0.339 e. The van der Waals surface area contributed by atoms with Gasteiger partial charge in [0, 0.05) is 18.0 Å². The van der Waals surface area contributed by atoms with Gasteiger partial charge in [0.1, 0.15) is 0 Å². The summed E-state index contributed by atoms with van der Waals surface area (Å²) >= 11 is 0. The molecule has 4 nitrogen and oxygen atoms in total. The number of carbonyl (C=O) groups excluding carboxylic acids is 1. The van der Waals surface area contributed by atoms with Crippen molar-refractivity contribution in [3.63, 3.8) is 0 Å². The SMILES string of the molecule is COC(=O)c1cncc(C#CCN)c1. The summed E-state index contributed by atoms with van der Waals surface area (Å²) in [7, 11) is 1.32. The summed E-state index contributed by atoms with van der Waals surface area (Å²) in [4.78, 5) is 15.0. The Morgan fingerprint density at radius 3 is 3.07 bits per heavy atom. The molecule has 72 valence electrons. The van der Waals surface area contributed by atoms with Gasteiger partial charge < -0.3 is 10.5 Å². The zero-order valence-electron chi connectivity index (χ0n) is 7.78. The summed E-state index contributed by atoms with van der Waals surface area (Å²) in [6.07, 6.45) is 2.99. The van der Waals surface area contributed by atoms with Gasteiger partial charge >= 0.3 is 5.97 Å². The second-order valence-electron chi connectivity index (χ2n) is 2.46. The standard InChI is InChI=1S/C10H10N2O2/c1-14-10(13)9-5-8(3-2-4-11)6-12-7-9/h5-7H,4,11H2,1H3. The highest BCUT2D eigenvalue weighted by Crippen LogP contribution is 2.02. The lowest BCUT2D eigenvalue weighted by Gasteiger charge is -1.97. The predicted molar refractivity (Wildman–Crippen MR) is 51.5 cm³/mol. The highest BCUT2D eigenvalue weighted by molar-refractivity contribution is 5.89. The lowest BCUT2D eigenvalue weighted by molar-refractivity contribution is 0.0600. The molecule has 0 saturated heterocycles. The Morgan fingerprint density at radius 2 is 2.43 bits per heavy atom. The third kappa shape index (κ3) is 2.57. The number of ether oxygens (including phenoxy) is 1. The highest BCUT2D eigenvalue weighted by Gasteiger charge is 2.04. The lowest BCUT2D eigenvalue weighted by atomic mass is 10.2. The van der Waals surface area contributed by atoms with E-state index in [1.54, 1.807) is 12.3 Å². The summed E-state index contributed by atoms with van der Waals surface area (Å²) in [5.41, 5.74) is 6.25. The number of aromatic nitrogens is 1. The summed E-state index contributed by atoms with van der Waals surface area (Å²) in [6.45, 7) is 0.280. The molecule has 0 aliphatic heterocycles. The van der Waals surface area contributed by atoms with Crippen molar-refractivity contribution in [1.82, 2.24) is 4.98 Å². The molecule has 1 heterocycles. The minimum absolute atomic E-state index is 0.280. The first-order valence-corrected chi connectivity index (χ1v) is 4.00. The normalized spacial score (nSPS) is 8.71. The van der Waals surface area contributed by atoms with Gasteiger partial charge in [-0.1, -0.05) is 11.8 Å². The van der Waals surface area contributed by atoms with Gasteiger partial charge in [0.15, 0.2) is 0 Å². The molecule has 0 saturated carbocycles. The van der Waals surface area contributed by atoms with E-state index in [9.17, 15) is 4.79 Å². The monoisotopic (exact) mass is 190 g/mol. The van der Waals surface area contributed by atoms with Crippen molar-refractivity contribution in [1.29, 1.82) is 0 Å². The van der Waals surface area contributed by atoms with E-state index in [1.807, 2.05) is 0 Å². The van der Waals surface area contributed by atoms with Crippen LogP contribution < -0.4 is 5.73 Å².